The molecule has 0 saturated carbocycles. The second kappa shape index (κ2) is 6.33. The van der Waals surface area contributed by atoms with Crippen molar-refractivity contribution in [3.05, 3.63) is 24.3 Å². The quantitative estimate of drug-likeness (QED) is 0.770. The van der Waals surface area contributed by atoms with E-state index >= 15 is 0 Å². The van der Waals surface area contributed by atoms with E-state index in [0.717, 1.165) is 32.7 Å². The van der Waals surface area contributed by atoms with Crippen LogP contribution < -0.4 is 15.2 Å². The molecule has 0 spiro atoms. The number of primary sulfonamides is 1. The number of rotatable bonds is 5. The van der Waals surface area contributed by atoms with Crippen LogP contribution in [0.2, 0.25) is 0 Å². The Morgan fingerprint density at radius 1 is 1.21 bits per heavy atom. The number of sulfonamides is 1. The van der Waals surface area contributed by atoms with Crippen molar-refractivity contribution in [2.24, 2.45) is 5.14 Å². The summed E-state index contributed by atoms with van der Waals surface area (Å²) in [5, 5.41) is 8.32. The molecule has 0 radical (unpaired) electrons. The van der Waals surface area contributed by atoms with Gasteiger partial charge in [0.15, 0.2) is 0 Å². The zero-order valence-electron chi connectivity index (χ0n) is 10.7. The Bertz CT molecular complexity index is 495. The van der Waals surface area contributed by atoms with Gasteiger partial charge < -0.3 is 10.1 Å². The van der Waals surface area contributed by atoms with Gasteiger partial charge in [-0.3, -0.25) is 4.90 Å². The minimum Gasteiger partial charge on any atom is -0.492 e. The standard InChI is InChI=1S/C12H19N3O3S/c13-19(16,17)12-3-1-11(2-4-12)18-10-9-15-7-5-14-6-8-15/h1-4,14H,5-10H2,(H2,13,16,17). The van der Waals surface area contributed by atoms with Crippen LogP contribution >= 0.6 is 0 Å². The number of nitrogens with one attached hydrogen (secondary N) is 1. The normalized spacial score (nSPS) is 17.3. The van der Waals surface area contributed by atoms with Gasteiger partial charge in [0, 0.05) is 32.7 Å². The maximum absolute atomic E-state index is 11.1. The molecule has 1 fully saturated rings. The maximum atomic E-state index is 11.1. The van der Waals surface area contributed by atoms with Crippen LogP contribution in [0.4, 0.5) is 0 Å². The van der Waals surface area contributed by atoms with Gasteiger partial charge in [-0.1, -0.05) is 0 Å². The van der Waals surface area contributed by atoms with E-state index in [2.05, 4.69) is 10.2 Å². The molecule has 1 saturated heterocycles. The van der Waals surface area contributed by atoms with Crippen molar-refractivity contribution in [3.63, 3.8) is 0 Å². The molecule has 1 aliphatic rings. The molecule has 6 nitrogen and oxygen atoms in total. The van der Waals surface area contributed by atoms with Crippen LogP contribution in [-0.2, 0) is 10.0 Å². The second-order valence-electron chi connectivity index (χ2n) is 4.46. The zero-order chi connectivity index (χ0) is 13.7. The first-order valence-corrected chi connectivity index (χ1v) is 7.79. The highest BCUT2D eigenvalue weighted by molar-refractivity contribution is 7.89. The number of benzene rings is 1. The predicted octanol–water partition coefficient (Wildman–Crippen LogP) is -0.382. The molecule has 1 aromatic carbocycles. The predicted molar refractivity (Wildman–Crippen MR) is 72.6 cm³/mol. The van der Waals surface area contributed by atoms with Crippen LogP contribution in [0.3, 0.4) is 0 Å². The van der Waals surface area contributed by atoms with Crippen molar-refractivity contribution in [1.82, 2.24) is 10.2 Å². The van der Waals surface area contributed by atoms with Gasteiger partial charge >= 0.3 is 0 Å². The zero-order valence-corrected chi connectivity index (χ0v) is 11.5. The molecule has 1 aromatic rings. The molecular formula is C12H19N3O3S. The van der Waals surface area contributed by atoms with Crippen molar-refractivity contribution in [2.45, 2.75) is 4.90 Å². The number of ether oxygens (including phenoxy) is 1. The van der Waals surface area contributed by atoms with E-state index < -0.39 is 10.0 Å². The largest absolute Gasteiger partial charge is 0.492 e. The molecule has 0 unspecified atom stereocenters. The third-order valence-corrected chi connectivity index (χ3v) is 3.97. The number of piperazine rings is 1. The molecule has 0 bridgehead atoms. The summed E-state index contributed by atoms with van der Waals surface area (Å²) in [6, 6.07) is 6.15. The lowest BCUT2D eigenvalue weighted by Crippen LogP contribution is -2.44. The van der Waals surface area contributed by atoms with Crippen LogP contribution in [0.25, 0.3) is 0 Å². The molecule has 7 heteroatoms. The molecule has 0 aliphatic carbocycles. The smallest absolute Gasteiger partial charge is 0.238 e. The first-order chi connectivity index (χ1) is 9.05. The summed E-state index contributed by atoms with van der Waals surface area (Å²) in [4.78, 5) is 2.43. The third-order valence-electron chi connectivity index (χ3n) is 3.04. The average Bonchev–Trinajstić information content (AvgIpc) is 2.39. The van der Waals surface area contributed by atoms with Gasteiger partial charge in [-0.05, 0) is 24.3 Å². The van der Waals surface area contributed by atoms with E-state index in [9.17, 15) is 8.42 Å². The Hall–Kier alpha value is -1.15. The number of nitrogens with zero attached hydrogens (tertiary/aromatic N) is 1. The van der Waals surface area contributed by atoms with Crippen LogP contribution in [0.15, 0.2) is 29.2 Å². The molecule has 0 amide bonds. The number of nitrogens with two attached hydrogens (primary N) is 1. The fraction of sp³-hybridized carbons (Fsp3) is 0.500. The molecule has 0 aromatic heterocycles. The summed E-state index contributed by atoms with van der Waals surface area (Å²) < 4.78 is 27.8. The fourth-order valence-corrected chi connectivity index (χ4v) is 2.47. The van der Waals surface area contributed by atoms with Gasteiger partial charge in [0.2, 0.25) is 10.0 Å². The molecule has 1 heterocycles. The highest BCUT2D eigenvalue weighted by Gasteiger charge is 2.09. The molecular weight excluding hydrogens is 266 g/mol. The molecule has 19 heavy (non-hydrogen) atoms. The third kappa shape index (κ3) is 4.46. The van der Waals surface area contributed by atoms with Crippen LogP contribution in [0.1, 0.15) is 0 Å². The van der Waals surface area contributed by atoms with E-state index in [4.69, 9.17) is 9.88 Å². The Labute approximate surface area is 113 Å². The molecule has 106 valence electrons. The second-order valence-corrected chi connectivity index (χ2v) is 6.02. The van der Waals surface area contributed by atoms with Gasteiger partial charge in [0.25, 0.3) is 0 Å². The Balaban J connectivity index is 1.80. The van der Waals surface area contributed by atoms with E-state index in [1.807, 2.05) is 0 Å². The topological polar surface area (TPSA) is 84.7 Å². The lowest BCUT2D eigenvalue weighted by Gasteiger charge is -2.26. The van der Waals surface area contributed by atoms with Gasteiger partial charge in [-0.25, -0.2) is 13.6 Å². The number of hydrogen-bond acceptors (Lipinski definition) is 5. The minimum atomic E-state index is -3.63. The van der Waals surface area contributed by atoms with Crippen LogP contribution in [-0.4, -0.2) is 52.6 Å². The van der Waals surface area contributed by atoms with E-state index in [1.165, 1.54) is 12.1 Å². The summed E-state index contributed by atoms with van der Waals surface area (Å²) in [5.41, 5.74) is 0. The lowest BCUT2D eigenvalue weighted by molar-refractivity contribution is 0.191. The summed E-state index contributed by atoms with van der Waals surface area (Å²) in [5.74, 6) is 0.655. The van der Waals surface area contributed by atoms with Crippen molar-refractivity contribution in [2.75, 3.05) is 39.3 Å². The minimum absolute atomic E-state index is 0.0990. The molecule has 2 rings (SSSR count). The highest BCUT2D eigenvalue weighted by Crippen LogP contribution is 2.14. The molecule has 0 atom stereocenters. The molecule has 3 N–H and O–H groups in total. The summed E-state index contributed by atoms with van der Waals surface area (Å²) in [6.45, 7) is 5.57. The summed E-state index contributed by atoms with van der Waals surface area (Å²) in [7, 11) is -3.63. The average molecular weight is 285 g/mol. The fourth-order valence-electron chi connectivity index (χ4n) is 1.95. The van der Waals surface area contributed by atoms with E-state index in [-0.39, 0.29) is 4.90 Å². The SMILES string of the molecule is NS(=O)(=O)c1ccc(OCCN2CCNCC2)cc1. The Morgan fingerprint density at radius 3 is 2.42 bits per heavy atom. The Morgan fingerprint density at radius 2 is 1.84 bits per heavy atom. The maximum Gasteiger partial charge on any atom is 0.238 e. The van der Waals surface area contributed by atoms with E-state index in [0.29, 0.717) is 12.4 Å². The van der Waals surface area contributed by atoms with Crippen molar-refractivity contribution < 1.29 is 13.2 Å². The lowest BCUT2D eigenvalue weighted by atomic mass is 10.3. The number of hydrogen-bond donors (Lipinski definition) is 2. The van der Waals surface area contributed by atoms with E-state index in [1.54, 1.807) is 12.1 Å². The van der Waals surface area contributed by atoms with Crippen molar-refractivity contribution in [3.8, 4) is 5.75 Å². The van der Waals surface area contributed by atoms with Gasteiger partial charge in [0.05, 0.1) is 4.90 Å². The van der Waals surface area contributed by atoms with Gasteiger partial charge in [0.1, 0.15) is 12.4 Å². The summed E-state index contributed by atoms with van der Waals surface area (Å²) in [6.07, 6.45) is 0. The van der Waals surface area contributed by atoms with Crippen LogP contribution in [0, 0.1) is 0 Å². The summed E-state index contributed by atoms with van der Waals surface area (Å²) >= 11 is 0. The molecule has 1 aliphatic heterocycles. The monoisotopic (exact) mass is 285 g/mol. The first-order valence-electron chi connectivity index (χ1n) is 6.24. The Kier molecular flexibility index (Phi) is 4.76. The van der Waals surface area contributed by atoms with Crippen LogP contribution in [0.5, 0.6) is 5.75 Å². The van der Waals surface area contributed by atoms with Crippen molar-refractivity contribution in [1.29, 1.82) is 0 Å². The first kappa shape index (κ1) is 14.3. The highest BCUT2D eigenvalue weighted by atomic mass is 32.2. The van der Waals surface area contributed by atoms with Crippen molar-refractivity contribution >= 4 is 10.0 Å². The van der Waals surface area contributed by atoms with Gasteiger partial charge in [-0.2, -0.15) is 0 Å². The van der Waals surface area contributed by atoms with Gasteiger partial charge in [-0.15, -0.1) is 0 Å².